The summed E-state index contributed by atoms with van der Waals surface area (Å²) in [7, 11) is 0. The van der Waals surface area contributed by atoms with E-state index in [0.717, 1.165) is 18.4 Å². The summed E-state index contributed by atoms with van der Waals surface area (Å²) in [6.07, 6.45) is 3.00. The Kier molecular flexibility index (Phi) is 3.29. The van der Waals surface area contributed by atoms with Crippen LogP contribution in [0, 0.1) is 5.92 Å². The van der Waals surface area contributed by atoms with Gasteiger partial charge >= 0.3 is 0 Å². The van der Waals surface area contributed by atoms with Crippen molar-refractivity contribution in [3.63, 3.8) is 0 Å². The van der Waals surface area contributed by atoms with E-state index in [-0.39, 0.29) is 6.04 Å². The van der Waals surface area contributed by atoms with E-state index in [1.807, 2.05) is 24.3 Å². The summed E-state index contributed by atoms with van der Waals surface area (Å²) in [5, 5.41) is 10.7. The Balaban J connectivity index is 2.05. The minimum Gasteiger partial charge on any atom is -0.391 e. The van der Waals surface area contributed by atoms with E-state index in [1.54, 1.807) is 0 Å². The molecule has 82 valence electrons. The van der Waals surface area contributed by atoms with Gasteiger partial charge in [0.1, 0.15) is 0 Å². The summed E-state index contributed by atoms with van der Waals surface area (Å²) in [4.78, 5) is 0. The molecular weight excluding hydrogens is 210 g/mol. The van der Waals surface area contributed by atoms with Gasteiger partial charge in [0.15, 0.2) is 0 Å². The number of nitrogens with two attached hydrogens (primary N) is 1. The third kappa shape index (κ3) is 2.33. The molecule has 1 aromatic carbocycles. The molecular formula is C12H16ClNO. The Morgan fingerprint density at radius 1 is 1.27 bits per heavy atom. The standard InChI is InChI=1S/C12H16ClNO/c13-10-6-4-8(5-7-10)11(14)12(15)9-2-1-3-9/h4-7,9,11-12,15H,1-3,14H2/t11-,12+/m0/s1. The summed E-state index contributed by atoms with van der Waals surface area (Å²) in [6, 6.07) is 7.10. The van der Waals surface area contributed by atoms with Gasteiger partial charge < -0.3 is 10.8 Å². The second-order valence-corrected chi connectivity index (χ2v) is 4.70. The molecule has 2 atom stereocenters. The van der Waals surface area contributed by atoms with Crippen LogP contribution in [0.3, 0.4) is 0 Å². The van der Waals surface area contributed by atoms with Crippen molar-refractivity contribution >= 4 is 11.6 Å². The van der Waals surface area contributed by atoms with E-state index in [1.165, 1.54) is 6.42 Å². The van der Waals surface area contributed by atoms with Gasteiger partial charge in [-0.3, -0.25) is 0 Å². The maximum absolute atomic E-state index is 10.0. The number of hydrogen-bond donors (Lipinski definition) is 2. The third-order valence-corrected chi connectivity index (χ3v) is 3.51. The van der Waals surface area contributed by atoms with Crippen LogP contribution in [0.5, 0.6) is 0 Å². The molecule has 0 amide bonds. The molecule has 0 radical (unpaired) electrons. The van der Waals surface area contributed by atoms with Crippen molar-refractivity contribution in [1.82, 2.24) is 0 Å². The van der Waals surface area contributed by atoms with Crippen LogP contribution in [-0.4, -0.2) is 11.2 Å². The zero-order chi connectivity index (χ0) is 10.8. The smallest absolute Gasteiger partial charge is 0.0760 e. The molecule has 0 spiro atoms. The number of halogens is 1. The van der Waals surface area contributed by atoms with E-state index in [4.69, 9.17) is 17.3 Å². The summed E-state index contributed by atoms with van der Waals surface area (Å²) < 4.78 is 0. The number of hydrogen-bond acceptors (Lipinski definition) is 2. The van der Waals surface area contributed by atoms with Crippen LogP contribution < -0.4 is 5.73 Å². The fourth-order valence-corrected chi connectivity index (χ4v) is 2.08. The van der Waals surface area contributed by atoms with Gasteiger partial charge in [0.25, 0.3) is 0 Å². The molecule has 1 saturated carbocycles. The van der Waals surface area contributed by atoms with E-state index >= 15 is 0 Å². The summed E-state index contributed by atoms with van der Waals surface area (Å²) in [6.45, 7) is 0. The lowest BCUT2D eigenvalue weighted by Crippen LogP contribution is -2.36. The highest BCUT2D eigenvalue weighted by molar-refractivity contribution is 6.30. The zero-order valence-electron chi connectivity index (χ0n) is 8.57. The molecule has 0 aliphatic heterocycles. The molecule has 1 aromatic rings. The zero-order valence-corrected chi connectivity index (χ0v) is 9.32. The predicted molar refractivity (Wildman–Crippen MR) is 61.7 cm³/mol. The topological polar surface area (TPSA) is 46.2 Å². The van der Waals surface area contributed by atoms with Gasteiger partial charge in [-0.05, 0) is 36.5 Å². The van der Waals surface area contributed by atoms with Gasteiger partial charge in [0.05, 0.1) is 12.1 Å². The maximum atomic E-state index is 10.0. The fourth-order valence-electron chi connectivity index (χ4n) is 1.96. The minimum atomic E-state index is -0.417. The highest BCUT2D eigenvalue weighted by atomic mass is 35.5. The first kappa shape index (κ1) is 10.9. The van der Waals surface area contributed by atoms with Crippen molar-refractivity contribution in [3.8, 4) is 0 Å². The summed E-state index contributed by atoms with van der Waals surface area (Å²) in [5.41, 5.74) is 6.96. The Morgan fingerprint density at radius 3 is 2.33 bits per heavy atom. The van der Waals surface area contributed by atoms with Gasteiger partial charge in [0.2, 0.25) is 0 Å². The molecule has 1 aliphatic rings. The van der Waals surface area contributed by atoms with Gasteiger partial charge in [-0.25, -0.2) is 0 Å². The quantitative estimate of drug-likeness (QED) is 0.831. The molecule has 2 rings (SSSR count). The summed E-state index contributed by atoms with van der Waals surface area (Å²) in [5.74, 6) is 0.385. The SMILES string of the molecule is N[C@@H](c1ccc(Cl)cc1)[C@H](O)C1CCC1. The largest absolute Gasteiger partial charge is 0.391 e. The second kappa shape index (κ2) is 4.52. The first-order valence-corrected chi connectivity index (χ1v) is 5.75. The van der Waals surface area contributed by atoms with Crippen molar-refractivity contribution in [2.75, 3.05) is 0 Å². The Hall–Kier alpha value is -0.570. The molecule has 3 N–H and O–H groups in total. The molecule has 2 nitrogen and oxygen atoms in total. The monoisotopic (exact) mass is 225 g/mol. The van der Waals surface area contributed by atoms with Crippen LogP contribution in [0.1, 0.15) is 30.9 Å². The normalized spacial score (nSPS) is 20.7. The Morgan fingerprint density at radius 2 is 1.87 bits per heavy atom. The minimum absolute atomic E-state index is 0.285. The predicted octanol–water partition coefficient (Wildman–Crippen LogP) is 2.50. The lowest BCUT2D eigenvalue weighted by Gasteiger charge is -2.33. The molecule has 1 fully saturated rings. The van der Waals surface area contributed by atoms with Crippen LogP contribution in [-0.2, 0) is 0 Å². The highest BCUT2D eigenvalue weighted by Gasteiger charge is 2.30. The van der Waals surface area contributed by atoms with E-state index in [9.17, 15) is 5.11 Å². The van der Waals surface area contributed by atoms with Crippen LogP contribution >= 0.6 is 11.6 Å². The van der Waals surface area contributed by atoms with Crippen LogP contribution in [0.15, 0.2) is 24.3 Å². The van der Waals surface area contributed by atoms with Gasteiger partial charge in [-0.1, -0.05) is 30.2 Å². The second-order valence-electron chi connectivity index (χ2n) is 4.26. The van der Waals surface area contributed by atoms with Crippen LogP contribution in [0.25, 0.3) is 0 Å². The third-order valence-electron chi connectivity index (χ3n) is 3.26. The van der Waals surface area contributed by atoms with Crippen molar-refractivity contribution in [2.45, 2.75) is 31.4 Å². The number of aliphatic hydroxyl groups excluding tert-OH is 1. The van der Waals surface area contributed by atoms with Crippen LogP contribution in [0.4, 0.5) is 0 Å². The van der Waals surface area contributed by atoms with Gasteiger partial charge in [-0.15, -0.1) is 0 Å². The average Bonchev–Trinajstić information content (AvgIpc) is 2.15. The number of rotatable bonds is 3. The van der Waals surface area contributed by atoms with E-state index in [0.29, 0.717) is 10.9 Å². The highest BCUT2D eigenvalue weighted by Crippen LogP contribution is 2.34. The molecule has 0 unspecified atom stereocenters. The summed E-state index contributed by atoms with van der Waals surface area (Å²) >= 11 is 5.79. The van der Waals surface area contributed by atoms with Crippen LogP contribution in [0.2, 0.25) is 5.02 Å². The molecule has 0 bridgehead atoms. The lowest BCUT2D eigenvalue weighted by molar-refractivity contribution is 0.0414. The van der Waals surface area contributed by atoms with Crippen molar-refractivity contribution in [3.05, 3.63) is 34.9 Å². The maximum Gasteiger partial charge on any atom is 0.0760 e. The molecule has 3 heteroatoms. The van der Waals surface area contributed by atoms with Gasteiger partial charge in [0, 0.05) is 5.02 Å². The first-order valence-electron chi connectivity index (χ1n) is 5.37. The molecule has 0 heterocycles. The van der Waals surface area contributed by atoms with Crippen molar-refractivity contribution in [1.29, 1.82) is 0 Å². The van der Waals surface area contributed by atoms with E-state index < -0.39 is 6.10 Å². The fraction of sp³-hybridized carbons (Fsp3) is 0.500. The average molecular weight is 226 g/mol. The Bertz CT molecular complexity index is 321. The van der Waals surface area contributed by atoms with Crippen molar-refractivity contribution < 1.29 is 5.11 Å². The molecule has 0 saturated heterocycles. The molecule has 1 aliphatic carbocycles. The van der Waals surface area contributed by atoms with Gasteiger partial charge in [-0.2, -0.15) is 0 Å². The van der Waals surface area contributed by atoms with E-state index in [2.05, 4.69) is 0 Å². The number of benzene rings is 1. The number of aliphatic hydroxyl groups is 1. The molecule has 15 heavy (non-hydrogen) atoms. The molecule has 0 aromatic heterocycles. The van der Waals surface area contributed by atoms with Crippen molar-refractivity contribution in [2.24, 2.45) is 11.7 Å². The Labute approximate surface area is 95.1 Å². The lowest BCUT2D eigenvalue weighted by atomic mass is 9.77. The first-order chi connectivity index (χ1) is 7.18.